The van der Waals surface area contributed by atoms with Crippen molar-refractivity contribution in [1.82, 2.24) is 15.0 Å². The lowest BCUT2D eigenvalue weighted by Gasteiger charge is -2.27. The molecule has 21 heavy (non-hydrogen) atoms. The normalized spacial score (nSPS) is 18.4. The fourth-order valence-electron chi connectivity index (χ4n) is 2.53. The topological polar surface area (TPSA) is 51.1 Å². The quantitative estimate of drug-likeness (QED) is 0.863. The molecule has 0 aliphatic carbocycles. The van der Waals surface area contributed by atoms with Gasteiger partial charge < -0.3 is 9.64 Å². The highest BCUT2D eigenvalue weighted by Gasteiger charge is 2.17. The summed E-state index contributed by atoms with van der Waals surface area (Å²) in [7, 11) is 2.01. The van der Waals surface area contributed by atoms with Crippen LogP contribution in [0.1, 0.15) is 19.3 Å². The minimum Gasteiger partial charge on any atom is -0.376 e. The van der Waals surface area contributed by atoms with Gasteiger partial charge in [0.2, 0.25) is 5.95 Å². The van der Waals surface area contributed by atoms with E-state index >= 15 is 0 Å². The van der Waals surface area contributed by atoms with Crippen LogP contribution >= 0.6 is 0 Å². The Morgan fingerprint density at radius 1 is 1.14 bits per heavy atom. The van der Waals surface area contributed by atoms with E-state index in [0.29, 0.717) is 5.95 Å². The van der Waals surface area contributed by atoms with E-state index in [1.165, 1.54) is 12.8 Å². The molecule has 0 N–H and O–H groups in total. The molecule has 5 nitrogen and oxygen atoms in total. The third kappa shape index (κ3) is 3.55. The maximum Gasteiger partial charge on any atom is 0.225 e. The first-order chi connectivity index (χ1) is 10.3. The molecule has 0 radical (unpaired) electrons. The second-order valence-electron chi connectivity index (χ2n) is 5.33. The van der Waals surface area contributed by atoms with Gasteiger partial charge in [0, 0.05) is 32.6 Å². The van der Waals surface area contributed by atoms with Crippen LogP contribution in [0.5, 0.6) is 0 Å². The summed E-state index contributed by atoms with van der Waals surface area (Å²) in [5.74, 6) is 0.715. The molecule has 1 atom stereocenters. The second kappa shape index (κ2) is 6.63. The first kappa shape index (κ1) is 13.9. The summed E-state index contributed by atoms with van der Waals surface area (Å²) in [6.45, 7) is 1.69. The summed E-state index contributed by atoms with van der Waals surface area (Å²) < 4.78 is 5.78. The zero-order valence-electron chi connectivity index (χ0n) is 12.3. The van der Waals surface area contributed by atoms with Crippen LogP contribution in [-0.4, -0.2) is 41.3 Å². The summed E-state index contributed by atoms with van der Waals surface area (Å²) >= 11 is 0. The zero-order valence-corrected chi connectivity index (χ0v) is 12.3. The minimum atomic E-state index is 0.283. The Hall–Kier alpha value is -2.01. The van der Waals surface area contributed by atoms with Crippen molar-refractivity contribution in [3.63, 3.8) is 0 Å². The minimum absolute atomic E-state index is 0.283. The van der Waals surface area contributed by atoms with E-state index in [1.807, 2.05) is 31.3 Å². The number of anilines is 1. The Balaban J connectivity index is 1.73. The van der Waals surface area contributed by atoms with Crippen molar-refractivity contribution in [1.29, 1.82) is 0 Å². The highest BCUT2D eigenvalue weighted by molar-refractivity contribution is 5.55. The number of hydrogen-bond acceptors (Lipinski definition) is 5. The van der Waals surface area contributed by atoms with Gasteiger partial charge in [0.1, 0.15) is 0 Å². The molecule has 0 spiro atoms. The van der Waals surface area contributed by atoms with E-state index in [-0.39, 0.29) is 6.10 Å². The maximum atomic E-state index is 5.78. The molecule has 3 rings (SSSR count). The second-order valence-corrected chi connectivity index (χ2v) is 5.33. The van der Waals surface area contributed by atoms with Crippen molar-refractivity contribution in [3.8, 4) is 11.4 Å². The smallest absolute Gasteiger partial charge is 0.225 e. The van der Waals surface area contributed by atoms with Gasteiger partial charge in [-0.3, -0.25) is 4.98 Å². The molecule has 0 unspecified atom stereocenters. The first-order valence-electron chi connectivity index (χ1n) is 7.40. The molecule has 1 aliphatic rings. The number of nitrogens with zero attached hydrogens (tertiary/aromatic N) is 4. The lowest BCUT2D eigenvalue weighted by molar-refractivity contribution is 0.0214. The summed E-state index contributed by atoms with van der Waals surface area (Å²) in [5.41, 5.74) is 1.71. The zero-order chi connectivity index (χ0) is 14.5. The van der Waals surface area contributed by atoms with E-state index in [1.54, 1.807) is 12.4 Å². The number of pyridine rings is 1. The van der Waals surface area contributed by atoms with E-state index in [4.69, 9.17) is 4.74 Å². The van der Waals surface area contributed by atoms with E-state index in [2.05, 4.69) is 19.9 Å². The van der Waals surface area contributed by atoms with Gasteiger partial charge in [-0.1, -0.05) is 6.07 Å². The van der Waals surface area contributed by atoms with Gasteiger partial charge in [0.15, 0.2) is 0 Å². The molecule has 1 aliphatic heterocycles. The Kier molecular flexibility index (Phi) is 4.40. The van der Waals surface area contributed by atoms with Crippen molar-refractivity contribution >= 4 is 5.95 Å². The van der Waals surface area contributed by atoms with E-state index in [0.717, 1.165) is 31.0 Å². The van der Waals surface area contributed by atoms with Crippen LogP contribution in [0.3, 0.4) is 0 Å². The third-order valence-electron chi connectivity index (χ3n) is 3.66. The summed E-state index contributed by atoms with van der Waals surface area (Å²) in [4.78, 5) is 15.4. The number of ether oxygens (including phenoxy) is 1. The predicted octanol–water partition coefficient (Wildman–Crippen LogP) is 2.54. The third-order valence-corrected chi connectivity index (χ3v) is 3.66. The molecule has 3 heterocycles. The highest BCUT2D eigenvalue weighted by atomic mass is 16.5. The molecule has 0 amide bonds. The summed E-state index contributed by atoms with van der Waals surface area (Å²) in [6.07, 6.45) is 7.37. The summed E-state index contributed by atoms with van der Waals surface area (Å²) in [5, 5.41) is 0. The fraction of sp³-hybridized carbons (Fsp3) is 0.438. The Morgan fingerprint density at radius 2 is 2.10 bits per heavy atom. The molecular formula is C16H20N4O. The lowest BCUT2D eigenvalue weighted by atomic mass is 10.1. The van der Waals surface area contributed by atoms with Crippen molar-refractivity contribution in [3.05, 3.63) is 36.7 Å². The van der Waals surface area contributed by atoms with E-state index < -0.39 is 0 Å². The van der Waals surface area contributed by atoms with Gasteiger partial charge in [0.25, 0.3) is 0 Å². The van der Waals surface area contributed by atoms with Gasteiger partial charge in [0.05, 0.1) is 17.5 Å². The number of rotatable bonds is 4. The highest BCUT2D eigenvalue weighted by Crippen LogP contribution is 2.18. The van der Waals surface area contributed by atoms with Gasteiger partial charge in [-0.15, -0.1) is 0 Å². The fourth-order valence-corrected chi connectivity index (χ4v) is 2.53. The molecule has 110 valence electrons. The molecule has 0 saturated carbocycles. The maximum absolute atomic E-state index is 5.78. The van der Waals surface area contributed by atoms with Gasteiger partial charge >= 0.3 is 0 Å². The van der Waals surface area contributed by atoms with Crippen LogP contribution in [0.15, 0.2) is 36.7 Å². The number of aromatic nitrogens is 3. The Morgan fingerprint density at radius 3 is 2.86 bits per heavy atom. The van der Waals surface area contributed by atoms with Crippen LogP contribution in [-0.2, 0) is 4.74 Å². The number of likely N-dealkylation sites (N-methyl/N-ethyl adjacent to an activating group) is 1. The van der Waals surface area contributed by atoms with Crippen LogP contribution in [0.25, 0.3) is 11.4 Å². The molecule has 5 heteroatoms. The molecule has 2 aromatic heterocycles. The van der Waals surface area contributed by atoms with Gasteiger partial charge in [-0.2, -0.15) is 0 Å². The van der Waals surface area contributed by atoms with Crippen molar-refractivity contribution in [2.75, 3.05) is 25.1 Å². The Bertz CT molecular complexity index is 569. The van der Waals surface area contributed by atoms with Crippen molar-refractivity contribution in [2.24, 2.45) is 0 Å². The average Bonchev–Trinajstić information content (AvgIpc) is 2.57. The monoisotopic (exact) mass is 284 g/mol. The van der Waals surface area contributed by atoms with Crippen molar-refractivity contribution in [2.45, 2.75) is 25.4 Å². The predicted molar refractivity (Wildman–Crippen MR) is 82.1 cm³/mol. The number of hydrogen-bond donors (Lipinski definition) is 0. The molecule has 0 bridgehead atoms. The van der Waals surface area contributed by atoms with Crippen molar-refractivity contribution < 1.29 is 4.74 Å². The van der Waals surface area contributed by atoms with Crippen LogP contribution in [0, 0.1) is 0 Å². The van der Waals surface area contributed by atoms with Gasteiger partial charge in [-0.25, -0.2) is 9.97 Å². The van der Waals surface area contributed by atoms with Crippen LogP contribution < -0.4 is 4.90 Å². The SMILES string of the molecule is CN(C[C@H]1CCCCO1)c1nccc(-c2ccccn2)n1. The van der Waals surface area contributed by atoms with Gasteiger partial charge in [-0.05, 0) is 37.5 Å². The summed E-state index contributed by atoms with van der Waals surface area (Å²) in [6, 6.07) is 7.70. The molecule has 1 fully saturated rings. The largest absolute Gasteiger partial charge is 0.376 e. The lowest BCUT2D eigenvalue weighted by Crippen LogP contribution is -2.34. The average molecular weight is 284 g/mol. The first-order valence-corrected chi connectivity index (χ1v) is 7.40. The molecule has 1 saturated heterocycles. The molecular weight excluding hydrogens is 264 g/mol. The standard InChI is InChI=1S/C16H20N4O/c1-20(12-13-6-3-5-11-21-13)16-18-10-8-15(19-16)14-7-2-4-9-17-14/h2,4,7-10,13H,3,5-6,11-12H2,1H3/t13-/m1/s1. The molecule has 0 aromatic carbocycles. The van der Waals surface area contributed by atoms with E-state index in [9.17, 15) is 0 Å². The van der Waals surface area contributed by atoms with Crippen LogP contribution in [0.4, 0.5) is 5.95 Å². The molecule has 2 aromatic rings. The Labute approximate surface area is 125 Å². The van der Waals surface area contributed by atoms with Crippen LogP contribution in [0.2, 0.25) is 0 Å².